The Morgan fingerprint density at radius 3 is 2.38 bits per heavy atom. The maximum Gasteiger partial charge on any atom is 0.158 e. The minimum atomic E-state index is 0.507. The van der Waals surface area contributed by atoms with E-state index in [1.165, 1.54) is 31.5 Å². The molecule has 2 heterocycles. The van der Waals surface area contributed by atoms with E-state index in [0.29, 0.717) is 6.04 Å². The quantitative estimate of drug-likeness (QED) is 0.864. The van der Waals surface area contributed by atoms with Crippen LogP contribution in [0.2, 0.25) is 0 Å². The average molecular weight is 284 g/mol. The van der Waals surface area contributed by atoms with Gasteiger partial charge in [0.25, 0.3) is 0 Å². The zero-order chi connectivity index (χ0) is 14.8. The third kappa shape index (κ3) is 2.86. The van der Waals surface area contributed by atoms with Gasteiger partial charge in [0.05, 0.1) is 0 Å². The van der Waals surface area contributed by atoms with E-state index in [0.717, 1.165) is 23.6 Å². The van der Waals surface area contributed by atoms with Crippen LogP contribution in [0.5, 0.6) is 0 Å². The molecule has 0 N–H and O–H groups in total. The molecule has 2 aromatic rings. The van der Waals surface area contributed by atoms with Crippen LogP contribution in [0, 0.1) is 0 Å². The molecule has 0 spiro atoms. The monoisotopic (exact) mass is 284 g/mol. The van der Waals surface area contributed by atoms with E-state index in [1.54, 1.807) is 0 Å². The first-order valence-electron chi connectivity index (χ1n) is 7.93. The second kappa shape index (κ2) is 5.98. The van der Waals surface area contributed by atoms with Gasteiger partial charge in [0.2, 0.25) is 0 Å². The van der Waals surface area contributed by atoms with Crippen LogP contribution in [0.25, 0.3) is 11.4 Å². The smallest absolute Gasteiger partial charge is 0.158 e. The number of nitrogens with zero attached hydrogens (tertiary/aromatic N) is 4. The number of hydrogen-bond acceptors (Lipinski definition) is 3. The average Bonchev–Trinajstić information content (AvgIpc) is 3.16. The van der Waals surface area contributed by atoms with E-state index in [2.05, 4.69) is 53.1 Å². The van der Waals surface area contributed by atoms with Gasteiger partial charge in [0, 0.05) is 25.1 Å². The van der Waals surface area contributed by atoms with Crippen LogP contribution in [-0.2, 0) is 13.5 Å². The van der Waals surface area contributed by atoms with Gasteiger partial charge in [0.15, 0.2) is 11.6 Å². The molecule has 1 aliphatic heterocycles. The van der Waals surface area contributed by atoms with Crippen LogP contribution in [0.1, 0.15) is 44.1 Å². The lowest BCUT2D eigenvalue weighted by molar-refractivity contribution is 0.263. The van der Waals surface area contributed by atoms with Gasteiger partial charge in [-0.1, -0.05) is 31.2 Å². The third-order valence-corrected chi connectivity index (χ3v) is 4.46. The Balaban J connectivity index is 1.81. The Bertz CT molecular complexity index is 594. The lowest BCUT2D eigenvalue weighted by Gasteiger charge is -2.24. The summed E-state index contributed by atoms with van der Waals surface area (Å²) < 4.78 is 1.87. The summed E-state index contributed by atoms with van der Waals surface area (Å²) in [5, 5.41) is 4.42. The van der Waals surface area contributed by atoms with Gasteiger partial charge in [-0.05, 0) is 38.4 Å². The first-order valence-corrected chi connectivity index (χ1v) is 7.93. The predicted octanol–water partition coefficient (Wildman–Crippen LogP) is 3.20. The summed E-state index contributed by atoms with van der Waals surface area (Å²) in [5.74, 6) is 1.86. The second-order valence-corrected chi connectivity index (χ2v) is 5.87. The van der Waals surface area contributed by atoms with Crippen molar-refractivity contribution in [1.29, 1.82) is 0 Å². The molecule has 0 saturated carbocycles. The summed E-state index contributed by atoms with van der Waals surface area (Å²) in [6.07, 6.45) is 3.54. The Kier molecular flexibility index (Phi) is 4.06. The predicted molar refractivity (Wildman–Crippen MR) is 85.0 cm³/mol. The van der Waals surface area contributed by atoms with Crippen molar-refractivity contribution in [2.24, 2.45) is 7.05 Å². The summed E-state index contributed by atoms with van der Waals surface area (Å²) in [7, 11) is 1.96. The van der Waals surface area contributed by atoms with E-state index >= 15 is 0 Å². The molecule has 1 aromatic heterocycles. The summed E-state index contributed by atoms with van der Waals surface area (Å²) in [5.41, 5.74) is 2.53. The standard InChI is InChI=1S/C17H24N4/c1-4-16-18-17(20(3)19-16)15-9-7-14(8-10-15)13(2)21-11-5-6-12-21/h7-10,13H,4-6,11-12H2,1-3H3/t13-/m0/s1. The maximum absolute atomic E-state index is 4.59. The molecule has 0 radical (unpaired) electrons. The lowest BCUT2D eigenvalue weighted by Crippen LogP contribution is -2.23. The zero-order valence-corrected chi connectivity index (χ0v) is 13.2. The van der Waals surface area contributed by atoms with Crippen molar-refractivity contribution in [3.63, 3.8) is 0 Å². The lowest BCUT2D eigenvalue weighted by atomic mass is 10.0. The highest BCUT2D eigenvalue weighted by molar-refractivity contribution is 5.55. The third-order valence-electron chi connectivity index (χ3n) is 4.46. The van der Waals surface area contributed by atoms with Crippen LogP contribution in [0.4, 0.5) is 0 Å². The molecule has 112 valence electrons. The van der Waals surface area contributed by atoms with Crippen molar-refractivity contribution in [1.82, 2.24) is 19.7 Å². The number of hydrogen-bond donors (Lipinski definition) is 0. The van der Waals surface area contributed by atoms with Gasteiger partial charge in [-0.3, -0.25) is 4.90 Å². The molecule has 21 heavy (non-hydrogen) atoms. The Hall–Kier alpha value is -1.68. The number of benzene rings is 1. The number of aryl methyl sites for hydroxylation is 2. The van der Waals surface area contributed by atoms with E-state index < -0.39 is 0 Å². The summed E-state index contributed by atoms with van der Waals surface area (Å²) >= 11 is 0. The zero-order valence-electron chi connectivity index (χ0n) is 13.2. The van der Waals surface area contributed by atoms with Crippen molar-refractivity contribution in [2.75, 3.05) is 13.1 Å². The molecule has 0 bridgehead atoms. The molecular weight excluding hydrogens is 260 g/mol. The molecule has 4 nitrogen and oxygen atoms in total. The van der Waals surface area contributed by atoms with Crippen molar-refractivity contribution in [2.45, 2.75) is 39.2 Å². The summed E-state index contributed by atoms with van der Waals surface area (Å²) in [4.78, 5) is 7.15. The van der Waals surface area contributed by atoms with Gasteiger partial charge < -0.3 is 0 Å². The van der Waals surface area contributed by atoms with Gasteiger partial charge in [-0.2, -0.15) is 5.10 Å². The SMILES string of the molecule is CCc1nc(-c2ccc([C@H](C)N3CCCC3)cc2)n(C)n1. The van der Waals surface area contributed by atoms with E-state index in [9.17, 15) is 0 Å². The molecule has 1 fully saturated rings. The molecule has 1 aliphatic rings. The van der Waals surface area contributed by atoms with Gasteiger partial charge in [-0.15, -0.1) is 0 Å². The fourth-order valence-corrected chi connectivity index (χ4v) is 3.09. The minimum absolute atomic E-state index is 0.507. The summed E-state index contributed by atoms with van der Waals surface area (Å²) in [6, 6.07) is 9.32. The van der Waals surface area contributed by atoms with Crippen LogP contribution < -0.4 is 0 Å². The minimum Gasteiger partial charge on any atom is -0.297 e. The Morgan fingerprint density at radius 2 is 1.81 bits per heavy atom. The van der Waals surface area contributed by atoms with Crippen LogP contribution >= 0.6 is 0 Å². The fourth-order valence-electron chi connectivity index (χ4n) is 3.09. The molecule has 0 unspecified atom stereocenters. The van der Waals surface area contributed by atoms with Gasteiger partial charge >= 0.3 is 0 Å². The van der Waals surface area contributed by atoms with Crippen molar-refractivity contribution in [3.05, 3.63) is 35.7 Å². The molecule has 3 rings (SSSR count). The number of likely N-dealkylation sites (tertiary alicyclic amines) is 1. The molecule has 4 heteroatoms. The Labute approximate surface area is 126 Å². The molecule has 1 saturated heterocycles. The van der Waals surface area contributed by atoms with Crippen molar-refractivity contribution < 1.29 is 0 Å². The summed E-state index contributed by atoms with van der Waals surface area (Å²) in [6.45, 7) is 6.84. The van der Waals surface area contributed by atoms with Crippen LogP contribution in [0.3, 0.4) is 0 Å². The van der Waals surface area contributed by atoms with Crippen molar-refractivity contribution >= 4 is 0 Å². The first-order chi connectivity index (χ1) is 10.2. The highest BCUT2D eigenvalue weighted by Gasteiger charge is 2.19. The fraction of sp³-hybridized carbons (Fsp3) is 0.529. The van der Waals surface area contributed by atoms with Gasteiger partial charge in [-0.25, -0.2) is 9.67 Å². The largest absolute Gasteiger partial charge is 0.297 e. The molecule has 0 amide bonds. The van der Waals surface area contributed by atoms with Gasteiger partial charge in [0.1, 0.15) is 0 Å². The molecule has 1 atom stereocenters. The molecule has 0 aliphatic carbocycles. The van der Waals surface area contributed by atoms with E-state index in [1.807, 2.05) is 11.7 Å². The highest BCUT2D eigenvalue weighted by atomic mass is 15.3. The molecule has 1 aromatic carbocycles. The number of aromatic nitrogens is 3. The topological polar surface area (TPSA) is 34.0 Å². The Morgan fingerprint density at radius 1 is 1.14 bits per heavy atom. The van der Waals surface area contributed by atoms with E-state index in [4.69, 9.17) is 0 Å². The normalized spacial score (nSPS) is 17.3. The van der Waals surface area contributed by atoms with Crippen LogP contribution in [0.15, 0.2) is 24.3 Å². The highest BCUT2D eigenvalue weighted by Crippen LogP contribution is 2.26. The first kappa shape index (κ1) is 14.3. The maximum atomic E-state index is 4.59. The van der Waals surface area contributed by atoms with Crippen molar-refractivity contribution in [3.8, 4) is 11.4 Å². The molecular formula is C17H24N4. The van der Waals surface area contributed by atoms with E-state index in [-0.39, 0.29) is 0 Å². The second-order valence-electron chi connectivity index (χ2n) is 5.87. The van der Waals surface area contributed by atoms with Crippen LogP contribution in [-0.4, -0.2) is 32.8 Å². The number of rotatable bonds is 4.